The summed E-state index contributed by atoms with van der Waals surface area (Å²) < 4.78 is 25.7. The number of rotatable bonds is 3. The Morgan fingerprint density at radius 1 is 1.07 bits per heavy atom. The summed E-state index contributed by atoms with van der Waals surface area (Å²) in [5, 5.41) is 6.45. The van der Waals surface area contributed by atoms with Gasteiger partial charge in [-0.25, -0.2) is 9.18 Å². The molecule has 1 aliphatic heterocycles. The van der Waals surface area contributed by atoms with Crippen LogP contribution in [0.3, 0.4) is 0 Å². The second-order valence-electron chi connectivity index (χ2n) is 6.20. The molecule has 0 saturated heterocycles. The maximum atomic E-state index is 13.2. The molecule has 2 heterocycles. The lowest BCUT2D eigenvalue weighted by molar-refractivity contribution is 0.101. The van der Waals surface area contributed by atoms with Crippen LogP contribution in [0.5, 0.6) is 11.5 Å². The second kappa shape index (κ2) is 7.23. The number of ether oxygens (including phenoxy) is 2. The van der Waals surface area contributed by atoms with Crippen molar-refractivity contribution in [3.8, 4) is 17.2 Å². The number of fused-ring (bicyclic) bond motifs is 1. The second-order valence-corrected chi connectivity index (χ2v) is 6.20. The quantitative estimate of drug-likeness (QED) is 0.708. The smallest absolute Gasteiger partial charge is 0.351 e. The molecule has 1 aromatic heterocycles. The molecule has 0 fully saturated rings. The van der Waals surface area contributed by atoms with Gasteiger partial charge in [0.05, 0.1) is 5.69 Å². The molecule has 3 aromatic rings. The van der Waals surface area contributed by atoms with Crippen LogP contribution in [-0.2, 0) is 7.05 Å². The fourth-order valence-electron chi connectivity index (χ4n) is 2.78. The molecule has 1 aliphatic rings. The van der Waals surface area contributed by atoms with E-state index in [4.69, 9.17) is 9.47 Å². The van der Waals surface area contributed by atoms with Gasteiger partial charge in [0.2, 0.25) is 5.69 Å². The minimum atomic E-state index is -0.858. The number of amides is 1. The Hall–Kier alpha value is -3.95. The van der Waals surface area contributed by atoms with Gasteiger partial charge in [-0.2, -0.15) is 9.78 Å². The highest BCUT2D eigenvalue weighted by molar-refractivity contribution is 6.02. The number of hydrogen-bond acceptors (Lipinski definition) is 6. The molecular formula is C19H15FN4O5. The van der Waals surface area contributed by atoms with Crippen molar-refractivity contribution in [1.29, 1.82) is 0 Å². The Morgan fingerprint density at radius 3 is 2.48 bits per heavy atom. The fourth-order valence-corrected chi connectivity index (χ4v) is 2.78. The highest BCUT2D eigenvalue weighted by atomic mass is 19.1. The molecule has 10 heteroatoms. The standard InChI is InChI=1S/C19H15FN4O5/c1-23-18(26)16(22-24(19(23)27)13-5-2-11(20)3-6-13)17(25)21-12-4-7-14-15(10-12)29-9-8-28-14/h2-7,10H,8-9H2,1H3,(H,21,25). The summed E-state index contributed by atoms with van der Waals surface area (Å²) in [4.78, 5) is 37.5. The lowest BCUT2D eigenvalue weighted by Gasteiger charge is -2.19. The van der Waals surface area contributed by atoms with Crippen LogP contribution >= 0.6 is 0 Å². The van der Waals surface area contributed by atoms with Gasteiger partial charge in [-0.3, -0.25) is 14.2 Å². The molecule has 29 heavy (non-hydrogen) atoms. The average molecular weight is 398 g/mol. The van der Waals surface area contributed by atoms with E-state index in [2.05, 4.69) is 10.4 Å². The van der Waals surface area contributed by atoms with Gasteiger partial charge in [0.15, 0.2) is 11.5 Å². The highest BCUT2D eigenvalue weighted by Gasteiger charge is 2.20. The zero-order chi connectivity index (χ0) is 20.5. The molecular weight excluding hydrogens is 383 g/mol. The van der Waals surface area contributed by atoms with Crippen molar-refractivity contribution < 1.29 is 18.7 Å². The van der Waals surface area contributed by atoms with Crippen molar-refractivity contribution in [2.45, 2.75) is 0 Å². The van der Waals surface area contributed by atoms with Crippen LogP contribution < -0.4 is 26.0 Å². The number of carbonyl (C=O) groups excluding carboxylic acids is 1. The first-order valence-corrected chi connectivity index (χ1v) is 8.61. The van der Waals surface area contributed by atoms with Gasteiger partial charge < -0.3 is 14.8 Å². The Bertz CT molecular complexity index is 1220. The number of hydrogen-bond donors (Lipinski definition) is 1. The van der Waals surface area contributed by atoms with Crippen LogP contribution in [0.4, 0.5) is 10.1 Å². The molecule has 0 radical (unpaired) electrons. The summed E-state index contributed by atoms with van der Waals surface area (Å²) in [5.74, 6) is -0.291. The van der Waals surface area contributed by atoms with Crippen molar-refractivity contribution in [3.63, 3.8) is 0 Å². The first-order valence-electron chi connectivity index (χ1n) is 8.61. The van der Waals surface area contributed by atoms with Crippen LogP contribution in [0.2, 0.25) is 0 Å². The fraction of sp³-hybridized carbons (Fsp3) is 0.158. The number of halogens is 1. The van der Waals surface area contributed by atoms with Crippen LogP contribution in [0, 0.1) is 5.82 Å². The average Bonchev–Trinajstić information content (AvgIpc) is 2.73. The molecule has 1 N–H and O–H groups in total. The third-order valence-corrected chi connectivity index (χ3v) is 4.26. The molecule has 0 unspecified atom stereocenters. The summed E-state index contributed by atoms with van der Waals surface area (Å²) in [6.07, 6.45) is 0. The number of anilines is 1. The van der Waals surface area contributed by atoms with E-state index in [1.54, 1.807) is 18.2 Å². The van der Waals surface area contributed by atoms with E-state index in [0.717, 1.165) is 21.4 Å². The van der Waals surface area contributed by atoms with Gasteiger partial charge in [0.25, 0.3) is 11.5 Å². The van der Waals surface area contributed by atoms with E-state index in [1.807, 2.05) is 0 Å². The number of carbonyl (C=O) groups is 1. The zero-order valence-electron chi connectivity index (χ0n) is 15.2. The van der Waals surface area contributed by atoms with E-state index < -0.39 is 28.7 Å². The Kier molecular flexibility index (Phi) is 4.59. The summed E-state index contributed by atoms with van der Waals surface area (Å²) in [6, 6.07) is 9.70. The maximum Gasteiger partial charge on any atom is 0.351 e. The van der Waals surface area contributed by atoms with Crippen LogP contribution in [0.1, 0.15) is 10.5 Å². The van der Waals surface area contributed by atoms with Crippen molar-refractivity contribution in [2.75, 3.05) is 18.5 Å². The normalized spacial score (nSPS) is 12.5. The first-order chi connectivity index (χ1) is 13.9. The van der Waals surface area contributed by atoms with Gasteiger partial charge in [0, 0.05) is 18.8 Å². The van der Waals surface area contributed by atoms with Crippen molar-refractivity contribution in [2.24, 2.45) is 7.05 Å². The van der Waals surface area contributed by atoms with Gasteiger partial charge in [-0.05, 0) is 36.4 Å². The SMILES string of the molecule is Cn1c(=O)c(C(=O)Nc2ccc3c(c2)OCCO3)nn(-c2ccc(F)cc2)c1=O. The van der Waals surface area contributed by atoms with E-state index >= 15 is 0 Å². The Morgan fingerprint density at radius 2 is 1.76 bits per heavy atom. The lowest BCUT2D eigenvalue weighted by Crippen LogP contribution is -2.43. The molecule has 0 aliphatic carbocycles. The molecule has 148 valence electrons. The molecule has 0 atom stereocenters. The van der Waals surface area contributed by atoms with Crippen molar-refractivity contribution >= 4 is 11.6 Å². The van der Waals surface area contributed by atoms with Crippen LogP contribution in [0.15, 0.2) is 52.1 Å². The van der Waals surface area contributed by atoms with E-state index in [0.29, 0.717) is 30.4 Å². The first kappa shape index (κ1) is 18.4. The Balaban J connectivity index is 1.70. The van der Waals surface area contributed by atoms with Gasteiger partial charge in [-0.1, -0.05) is 0 Å². The summed E-state index contributed by atoms with van der Waals surface area (Å²) in [5.41, 5.74) is -1.55. The number of nitrogens with one attached hydrogen (secondary N) is 1. The third kappa shape index (κ3) is 3.47. The summed E-state index contributed by atoms with van der Waals surface area (Å²) in [7, 11) is 1.23. The molecule has 0 saturated carbocycles. The molecule has 0 spiro atoms. The summed E-state index contributed by atoms with van der Waals surface area (Å²) in [6.45, 7) is 0.818. The zero-order valence-corrected chi connectivity index (χ0v) is 15.2. The minimum Gasteiger partial charge on any atom is -0.486 e. The predicted molar refractivity (Wildman–Crippen MR) is 100 cm³/mol. The van der Waals surface area contributed by atoms with Crippen molar-refractivity contribution in [1.82, 2.24) is 14.3 Å². The number of aromatic nitrogens is 3. The van der Waals surface area contributed by atoms with Gasteiger partial charge >= 0.3 is 5.69 Å². The Labute approximate surface area is 162 Å². The summed E-state index contributed by atoms with van der Waals surface area (Å²) >= 11 is 0. The molecule has 4 rings (SSSR count). The number of nitrogens with zero attached hydrogens (tertiary/aromatic N) is 3. The monoisotopic (exact) mass is 398 g/mol. The van der Waals surface area contributed by atoms with Crippen LogP contribution in [0.25, 0.3) is 5.69 Å². The molecule has 9 nitrogen and oxygen atoms in total. The topological polar surface area (TPSA) is 104 Å². The van der Waals surface area contributed by atoms with Crippen LogP contribution in [-0.4, -0.2) is 33.5 Å². The minimum absolute atomic E-state index is 0.209. The molecule has 0 bridgehead atoms. The molecule has 1 amide bonds. The van der Waals surface area contributed by atoms with Gasteiger partial charge in [0.1, 0.15) is 19.0 Å². The van der Waals surface area contributed by atoms with Gasteiger partial charge in [-0.15, -0.1) is 0 Å². The third-order valence-electron chi connectivity index (χ3n) is 4.26. The molecule has 2 aromatic carbocycles. The lowest BCUT2D eigenvalue weighted by atomic mass is 10.2. The number of benzene rings is 2. The van der Waals surface area contributed by atoms with E-state index in [-0.39, 0.29) is 5.69 Å². The van der Waals surface area contributed by atoms with E-state index in [9.17, 15) is 18.8 Å². The predicted octanol–water partition coefficient (Wildman–Crippen LogP) is 1.09. The van der Waals surface area contributed by atoms with E-state index in [1.165, 1.54) is 19.2 Å². The van der Waals surface area contributed by atoms with Crippen molar-refractivity contribution in [3.05, 3.63) is 74.8 Å². The largest absolute Gasteiger partial charge is 0.486 e. The maximum absolute atomic E-state index is 13.2. The highest BCUT2D eigenvalue weighted by Crippen LogP contribution is 2.32.